The lowest BCUT2D eigenvalue weighted by molar-refractivity contribution is 0.982. The van der Waals surface area contributed by atoms with Gasteiger partial charge in [0.2, 0.25) is 0 Å². The summed E-state index contributed by atoms with van der Waals surface area (Å²) in [5.41, 5.74) is 2.50. The molecule has 0 aliphatic rings. The third-order valence-electron chi connectivity index (χ3n) is 3.04. The minimum atomic E-state index is 0.266. The van der Waals surface area contributed by atoms with E-state index in [9.17, 15) is 0 Å². The molecule has 0 unspecified atom stereocenters. The van der Waals surface area contributed by atoms with Crippen molar-refractivity contribution in [3.05, 3.63) is 54.8 Å². The van der Waals surface area contributed by atoms with Crippen molar-refractivity contribution >= 4 is 80.0 Å². The first kappa shape index (κ1) is 15.7. The Kier molecular flexibility index (Phi) is 4.58. The zero-order valence-electron chi connectivity index (χ0n) is 10.4. The Morgan fingerprint density at radius 1 is 1.00 bits per heavy atom. The Hall–Kier alpha value is -0.200. The SMILES string of the molecule is ClCc1nc2cc(I)ccc2n1-c1cc(Cl)c(Cl)cc1Cl. The van der Waals surface area contributed by atoms with Crippen LogP contribution in [0.15, 0.2) is 30.3 Å². The summed E-state index contributed by atoms with van der Waals surface area (Å²) in [6, 6.07) is 9.33. The Morgan fingerprint density at radius 3 is 2.43 bits per heavy atom. The monoisotopic (exact) mass is 470 g/mol. The van der Waals surface area contributed by atoms with Crippen LogP contribution in [0.4, 0.5) is 0 Å². The molecule has 3 aromatic rings. The van der Waals surface area contributed by atoms with Gasteiger partial charge in [0.15, 0.2) is 0 Å². The lowest BCUT2D eigenvalue weighted by Crippen LogP contribution is -2.00. The number of benzene rings is 2. The predicted molar refractivity (Wildman–Crippen MR) is 98.4 cm³/mol. The normalized spacial score (nSPS) is 11.3. The maximum Gasteiger partial charge on any atom is 0.129 e. The Labute approximate surface area is 155 Å². The van der Waals surface area contributed by atoms with E-state index in [1.54, 1.807) is 12.1 Å². The van der Waals surface area contributed by atoms with Gasteiger partial charge in [0, 0.05) is 3.57 Å². The first-order valence-corrected chi connectivity index (χ1v) is 8.63. The number of alkyl halides is 1. The van der Waals surface area contributed by atoms with E-state index in [4.69, 9.17) is 46.4 Å². The fourth-order valence-electron chi connectivity index (χ4n) is 2.15. The van der Waals surface area contributed by atoms with Gasteiger partial charge in [-0.2, -0.15) is 0 Å². The summed E-state index contributed by atoms with van der Waals surface area (Å²) in [4.78, 5) is 4.55. The first-order chi connectivity index (χ1) is 10.0. The van der Waals surface area contributed by atoms with E-state index in [2.05, 4.69) is 27.6 Å². The first-order valence-electron chi connectivity index (χ1n) is 5.89. The number of halogens is 5. The van der Waals surface area contributed by atoms with Gasteiger partial charge in [-0.15, -0.1) is 11.6 Å². The van der Waals surface area contributed by atoms with Crippen LogP contribution in [-0.2, 0) is 5.88 Å². The van der Waals surface area contributed by atoms with Gasteiger partial charge in [-0.05, 0) is 52.9 Å². The molecule has 0 spiro atoms. The van der Waals surface area contributed by atoms with E-state index < -0.39 is 0 Å². The number of fused-ring (bicyclic) bond motifs is 1. The van der Waals surface area contributed by atoms with Gasteiger partial charge < -0.3 is 0 Å². The van der Waals surface area contributed by atoms with Crippen LogP contribution in [0, 0.1) is 3.57 Å². The second-order valence-electron chi connectivity index (χ2n) is 4.35. The summed E-state index contributed by atoms with van der Waals surface area (Å²) < 4.78 is 3.01. The molecule has 0 amide bonds. The quantitative estimate of drug-likeness (QED) is 0.242. The Balaban J connectivity index is 2.36. The number of hydrogen-bond donors (Lipinski definition) is 0. The molecule has 0 aliphatic heterocycles. The molecule has 108 valence electrons. The van der Waals surface area contributed by atoms with Crippen LogP contribution >= 0.6 is 69.0 Å². The number of hydrogen-bond acceptors (Lipinski definition) is 1. The van der Waals surface area contributed by atoms with Gasteiger partial charge in [0.05, 0.1) is 37.7 Å². The van der Waals surface area contributed by atoms with Gasteiger partial charge >= 0.3 is 0 Å². The minimum absolute atomic E-state index is 0.266. The highest BCUT2D eigenvalue weighted by molar-refractivity contribution is 14.1. The van der Waals surface area contributed by atoms with Crippen molar-refractivity contribution in [3.63, 3.8) is 0 Å². The van der Waals surface area contributed by atoms with Crippen LogP contribution in [0.1, 0.15) is 5.82 Å². The molecular weight excluding hydrogens is 465 g/mol. The van der Waals surface area contributed by atoms with Crippen molar-refractivity contribution in [2.45, 2.75) is 5.88 Å². The van der Waals surface area contributed by atoms with Crippen LogP contribution < -0.4 is 0 Å². The maximum absolute atomic E-state index is 6.32. The third-order valence-corrected chi connectivity index (χ3v) is 4.97. The summed E-state index contributed by atoms with van der Waals surface area (Å²) in [6.07, 6.45) is 0. The van der Waals surface area contributed by atoms with Crippen LogP contribution in [0.5, 0.6) is 0 Å². The average molecular weight is 472 g/mol. The molecule has 1 heterocycles. The summed E-state index contributed by atoms with van der Waals surface area (Å²) in [6.45, 7) is 0. The second-order valence-corrected chi connectivity index (χ2v) is 7.08. The van der Waals surface area contributed by atoms with Crippen LogP contribution in [-0.4, -0.2) is 9.55 Å². The van der Waals surface area contributed by atoms with Crippen molar-refractivity contribution in [1.29, 1.82) is 0 Å². The van der Waals surface area contributed by atoms with E-state index >= 15 is 0 Å². The molecule has 0 N–H and O–H groups in total. The van der Waals surface area contributed by atoms with E-state index in [0.29, 0.717) is 26.6 Å². The van der Waals surface area contributed by atoms with Crippen LogP contribution in [0.3, 0.4) is 0 Å². The van der Waals surface area contributed by atoms with Gasteiger partial charge in [-0.25, -0.2) is 4.98 Å². The molecular formula is C14H7Cl4IN2. The zero-order chi connectivity index (χ0) is 15.1. The van der Waals surface area contributed by atoms with Gasteiger partial charge in [-0.3, -0.25) is 4.57 Å². The Morgan fingerprint density at radius 2 is 1.71 bits per heavy atom. The molecule has 2 aromatic carbocycles. The Bertz CT molecular complexity index is 845. The van der Waals surface area contributed by atoms with E-state index in [-0.39, 0.29) is 5.88 Å². The highest BCUT2D eigenvalue weighted by atomic mass is 127. The standard InChI is InChI=1S/C14H7Cl4IN2/c15-6-14-20-11-3-7(19)1-2-12(11)21(14)13-5-9(17)8(16)4-10(13)18/h1-5H,6H2. The zero-order valence-corrected chi connectivity index (χ0v) is 15.6. The molecule has 2 nitrogen and oxygen atoms in total. The fraction of sp³-hybridized carbons (Fsp3) is 0.0714. The summed E-state index contributed by atoms with van der Waals surface area (Å²) in [5.74, 6) is 0.968. The van der Waals surface area contributed by atoms with Gasteiger partial charge in [-0.1, -0.05) is 34.8 Å². The molecule has 0 fully saturated rings. The van der Waals surface area contributed by atoms with Crippen LogP contribution in [0.25, 0.3) is 16.7 Å². The summed E-state index contributed by atoms with van der Waals surface area (Å²) in [5, 5.41) is 1.34. The number of nitrogens with zero attached hydrogens (tertiary/aromatic N) is 2. The molecule has 0 radical (unpaired) electrons. The smallest absolute Gasteiger partial charge is 0.129 e. The summed E-state index contributed by atoms with van der Waals surface area (Å²) in [7, 11) is 0. The van der Waals surface area contributed by atoms with Crippen molar-refractivity contribution in [2.75, 3.05) is 0 Å². The van der Waals surface area contributed by atoms with Crippen molar-refractivity contribution in [2.24, 2.45) is 0 Å². The average Bonchev–Trinajstić information content (AvgIpc) is 2.80. The molecule has 0 aliphatic carbocycles. The molecule has 0 bridgehead atoms. The lowest BCUT2D eigenvalue weighted by Gasteiger charge is -2.11. The van der Waals surface area contributed by atoms with Crippen molar-refractivity contribution in [1.82, 2.24) is 9.55 Å². The lowest BCUT2D eigenvalue weighted by atomic mass is 10.2. The third kappa shape index (κ3) is 2.86. The largest absolute Gasteiger partial charge is 0.294 e. The second kappa shape index (κ2) is 6.13. The van der Waals surface area contributed by atoms with Crippen molar-refractivity contribution in [3.8, 4) is 5.69 Å². The molecule has 7 heteroatoms. The predicted octanol–water partition coefficient (Wildman–Crippen LogP) is 6.33. The molecule has 21 heavy (non-hydrogen) atoms. The summed E-state index contributed by atoms with van der Waals surface area (Å²) >= 11 is 26.7. The molecule has 1 aromatic heterocycles. The topological polar surface area (TPSA) is 17.8 Å². The fourth-order valence-corrected chi connectivity index (χ4v) is 3.42. The van der Waals surface area contributed by atoms with Crippen LogP contribution in [0.2, 0.25) is 15.1 Å². The molecule has 0 saturated heterocycles. The number of imidazole rings is 1. The van der Waals surface area contributed by atoms with E-state index in [1.807, 2.05) is 22.8 Å². The number of aromatic nitrogens is 2. The van der Waals surface area contributed by atoms with Gasteiger partial charge in [0.25, 0.3) is 0 Å². The molecule has 0 atom stereocenters. The van der Waals surface area contributed by atoms with Gasteiger partial charge in [0.1, 0.15) is 5.82 Å². The van der Waals surface area contributed by atoms with E-state index in [0.717, 1.165) is 14.6 Å². The molecule has 0 saturated carbocycles. The van der Waals surface area contributed by atoms with E-state index in [1.165, 1.54) is 0 Å². The highest BCUT2D eigenvalue weighted by Crippen LogP contribution is 2.34. The highest BCUT2D eigenvalue weighted by Gasteiger charge is 2.16. The molecule has 3 rings (SSSR count). The maximum atomic E-state index is 6.32. The van der Waals surface area contributed by atoms with Crippen molar-refractivity contribution < 1.29 is 0 Å². The number of rotatable bonds is 2. The minimum Gasteiger partial charge on any atom is -0.294 e.